The molecule has 4 aliphatic rings. The molecule has 22 heavy (non-hydrogen) atoms. The van der Waals surface area contributed by atoms with E-state index >= 15 is 0 Å². The van der Waals surface area contributed by atoms with Gasteiger partial charge in [-0.1, -0.05) is 6.08 Å². The number of rotatable bonds is 1. The fourth-order valence-electron chi connectivity index (χ4n) is 4.09. The van der Waals surface area contributed by atoms with Crippen LogP contribution in [0, 0.1) is 11.3 Å². The van der Waals surface area contributed by atoms with Gasteiger partial charge < -0.3 is 9.47 Å². The first kappa shape index (κ1) is 13.4. The minimum atomic E-state index is -1.85. The molecule has 2 aliphatic heterocycles. The Balaban J connectivity index is 1.96. The Hall–Kier alpha value is -2.24. The lowest BCUT2D eigenvalue weighted by Gasteiger charge is -2.30. The maximum Gasteiger partial charge on any atom is 0.343 e. The van der Waals surface area contributed by atoms with Gasteiger partial charge in [0.25, 0.3) is 0 Å². The molecule has 2 saturated heterocycles. The second kappa shape index (κ2) is 4.38. The Morgan fingerprint density at radius 3 is 2.50 bits per heavy atom. The van der Waals surface area contributed by atoms with Gasteiger partial charge in [-0.3, -0.25) is 4.79 Å². The third kappa shape index (κ3) is 1.44. The maximum atomic E-state index is 12.3. The van der Waals surface area contributed by atoms with Crippen LogP contribution in [0.25, 0.3) is 0 Å². The van der Waals surface area contributed by atoms with E-state index in [0.29, 0.717) is 18.4 Å². The molecule has 114 valence electrons. The Morgan fingerprint density at radius 1 is 1.00 bits per heavy atom. The first-order valence-electron chi connectivity index (χ1n) is 7.52. The SMILES string of the molecule is O=C1OC(=O)C23C(=O)OC(=O)C2CCC(C2=CCCCC2)=C13. The van der Waals surface area contributed by atoms with Gasteiger partial charge in [0.2, 0.25) is 5.41 Å². The number of hydrogen-bond donors (Lipinski definition) is 0. The van der Waals surface area contributed by atoms with Crippen molar-refractivity contribution >= 4 is 23.9 Å². The van der Waals surface area contributed by atoms with Crippen LogP contribution in [0.2, 0.25) is 0 Å². The van der Waals surface area contributed by atoms with Crippen molar-refractivity contribution in [1.29, 1.82) is 0 Å². The summed E-state index contributed by atoms with van der Waals surface area (Å²) in [5.41, 5.74) is -0.0888. The normalized spacial score (nSPS) is 34.2. The molecule has 6 nitrogen and oxygen atoms in total. The highest BCUT2D eigenvalue weighted by molar-refractivity contribution is 6.26. The molecule has 2 atom stereocenters. The van der Waals surface area contributed by atoms with Gasteiger partial charge in [0.05, 0.1) is 11.5 Å². The molecule has 2 aliphatic carbocycles. The van der Waals surface area contributed by atoms with Crippen LogP contribution in [-0.4, -0.2) is 23.9 Å². The van der Waals surface area contributed by atoms with Gasteiger partial charge in [0.1, 0.15) is 0 Å². The largest absolute Gasteiger partial charge is 0.392 e. The Kier molecular flexibility index (Phi) is 2.67. The molecular formula is C16H14O6. The predicted molar refractivity (Wildman–Crippen MR) is 70.9 cm³/mol. The first-order valence-corrected chi connectivity index (χ1v) is 7.52. The summed E-state index contributed by atoms with van der Waals surface area (Å²) in [6.45, 7) is 0. The van der Waals surface area contributed by atoms with E-state index in [2.05, 4.69) is 10.8 Å². The summed E-state index contributed by atoms with van der Waals surface area (Å²) in [5.74, 6) is -4.38. The highest BCUT2D eigenvalue weighted by atomic mass is 16.6. The monoisotopic (exact) mass is 302 g/mol. The summed E-state index contributed by atoms with van der Waals surface area (Å²) >= 11 is 0. The number of ether oxygens (including phenoxy) is 2. The Bertz CT molecular complexity index is 687. The first-order chi connectivity index (χ1) is 10.6. The molecule has 0 radical (unpaired) electrons. The van der Waals surface area contributed by atoms with Crippen LogP contribution < -0.4 is 0 Å². The molecule has 0 aromatic carbocycles. The molecule has 6 heteroatoms. The van der Waals surface area contributed by atoms with Crippen molar-refractivity contribution in [3.8, 4) is 0 Å². The molecule has 0 aromatic rings. The zero-order valence-electron chi connectivity index (χ0n) is 11.8. The molecule has 2 heterocycles. The lowest BCUT2D eigenvalue weighted by atomic mass is 9.64. The van der Waals surface area contributed by atoms with Crippen molar-refractivity contribution in [2.45, 2.75) is 38.5 Å². The van der Waals surface area contributed by atoms with Crippen LogP contribution in [0.3, 0.4) is 0 Å². The molecule has 0 aromatic heterocycles. The van der Waals surface area contributed by atoms with E-state index in [1.807, 2.05) is 0 Å². The van der Waals surface area contributed by atoms with Crippen LogP contribution in [0.4, 0.5) is 0 Å². The maximum absolute atomic E-state index is 12.3. The van der Waals surface area contributed by atoms with Crippen molar-refractivity contribution in [2.24, 2.45) is 11.3 Å². The molecule has 0 saturated carbocycles. The van der Waals surface area contributed by atoms with Crippen LogP contribution in [-0.2, 0) is 28.7 Å². The Morgan fingerprint density at radius 2 is 1.77 bits per heavy atom. The second-order valence-electron chi connectivity index (χ2n) is 6.11. The van der Waals surface area contributed by atoms with E-state index < -0.39 is 35.2 Å². The number of carbonyl (C=O) groups excluding carboxylic acids is 4. The van der Waals surface area contributed by atoms with Gasteiger partial charge in [-0.2, -0.15) is 0 Å². The zero-order valence-corrected chi connectivity index (χ0v) is 11.8. The van der Waals surface area contributed by atoms with Crippen LogP contribution in [0.1, 0.15) is 38.5 Å². The lowest BCUT2D eigenvalue weighted by molar-refractivity contribution is -0.160. The second-order valence-corrected chi connectivity index (χ2v) is 6.11. The number of esters is 4. The fourth-order valence-corrected chi connectivity index (χ4v) is 4.09. The molecule has 0 bridgehead atoms. The van der Waals surface area contributed by atoms with Crippen molar-refractivity contribution in [2.75, 3.05) is 0 Å². The third-order valence-corrected chi connectivity index (χ3v) is 5.09. The van der Waals surface area contributed by atoms with Crippen molar-refractivity contribution < 1.29 is 28.7 Å². The van der Waals surface area contributed by atoms with Crippen molar-refractivity contribution in [3.63, 3.8) is 0 Å². The van der Waals surface area contributed by atoms with Crippen molar-refractivity contribution in [3.05, 3.63) is 22.8 Å². The van der Waals surface area contributed by atoms with Gasteiger partial charge in [-0.05, 0) is 49.7 Å². The van der Waals surface area contributed by atoms with E-state index in [0.717, 1.165) is 31.3 Å². The van der Waals surface area contributed by atoms with E-state index in [4.69, 9.17) is 4.74 Å². The zero-order chi connectivity index (χ0) is 15.5. The summed E-state index contributed by atoms with van der Waals surface area (Å²) in [6.07, 6.45) is 6.67. The minimum Gasteiger partial charge on any atom is -0.392 e. The number of cyclic esters (lactones) is 4. The number of allylic oxidation sites excluding steroid dienone is 3. The van der Waals surface area contributed by atoms with Crippen LogP contribution in [0.15, 0.2) is 22.8 Å². The van der Waals surface area contributed by atoms with Gasteiger partial charge >= 0.3 is 23.9 Å². The standard InChI is InChI=1S/C16H14O6/c17-12-10-7-6-9(8-4-2-1-3-5-8)11-13(18)22-15(20)16(10,11)14(19)21-12/h4,10H,1-3,5-7H2. The van der Waals surface area contributed by atoms with Gasteiger partial charge in [0, 0.05) is 0 Å². The van der Waals surface area contributed by atoms with Gasteiger partial charge in [0.15, 0.2) is 0 Å². The average Bonchev–Trinajstić information content (AvgIpc) is 2.94. The number of hydrogen-bond acceptors (Lipinski definition) is 6. The molecule has 2 fully saturated rings. The summed E-state index contributed by atoms with van der Waals surface area (Å²) in [7, 11) is 0. The Labute approximate surface area is 126 Å². The van der Waals surface area contributed by atoms with Crippen LogP contribution in [0.5, 0.6) is 0 Å². The van der Waals surface area contributed by atoms with Gasteiger partial charge in [-0.15, -0.1) is 0 Å². The lowest BCUT2D eigenvalue weighted by Crippen LogP contribution is -2.43. The fraction of sp³-hybridized carbons (Fsp3) is 0.500. The van der Waals surface area contributed by atoms with Crippen molar-refractivity contribution in [1.82, 2.24) is 0 Å². The smallest absolute Gasteiger partial charge is 0.343 e. The quantitative estimate of drug-likeness (QED) is 0.537. The predicted octanol–water partition coefficient (Wildman–Crippen LogP) is 1.35. The van der Waals surface area contributed by atoms with E-state index in [-0.39, 0.29) is 5.57 Å². The number of carbonyl (C=O) groups is 4. The molecular weight excluding hydrogens is 288 g/mol. The summed E-state index contributed by atoms with van der Waals surface area (Å²) in [6, 6.07) is 0. The van der Waals surface area contributed by atoms with E-state index in [1.165, 1.54) is 0 Å². The molecule has 4 rings (SSSR count). The molecule has 2 unspecified atom stereocenters. The molecule has 0 N–H and O–H groups in total. The highest BCUT2D eigenvalue weighted by Gasteiger charge is 2.73. The van der Waals surface area contributed by atoms with Crippen LogP contribution >= 0.6 is 0 Å². The summed E-state index contributed by atoms with van der Waals surface area (Å²) in [5, 5.41) is 0. The van der Waals surface area contributed by atoms with E-state index in [9.17, 15) is 19.2 Å². The average molecular weight is 302 g/mol. The topological polar surface area (TPSA) is 86.7 Å². The summed E-state index contributed by atoms with van der Waals surface area (Å²) < 4.78 is 9.42. The molecule has 1 spiro atoms. The van der Waals surface area contributed by atoms with Gasteiger partial charge in [-0.25, -0.2) is 14.4 Å². The molecule has 0 amide bonds. The third-order valence-electron chi connectivity index (χ3n) is 5.09. The summed E-state index contributed by atoms with van der Waals surface area (Å²) in [4.78, 5) is 48.6. The highest BCUT2D eigenvalue weighted by Crippen LogP contribution is 2.56. The minimum absolute atomic E-state index is 0.0535. The van der Waals surface area contributed by atoms with E-state index in [1.54, 1.807) is 0 Å².